The number of nitrogens with zero attached hydrogens (tertiary/aromatic N) is 3. The molecule has 1 aromatic heterocycles. The minimum Gasteiger partial charge on any atom is -0.373 e. The average molecular weight is 391 g/mol. The number of hydrogen-bond acceptors (Lipinski definition) is 5. The highest BCUT2D eigenvalue weighted by atomic mass is 16.6. The summed E-state index contributed by atoms with van der Waals surface area (Å²) in [5.74, 6) is -0.278. The first-order chi connectivity index (χ1) is 14.0. The second kappa shape index (κ2) is 7.75. The number of rotatable bonds is 7. The third-order valence-corrected chi connectivity index (χ3v) is 4.90. The van der Waals surface area contributed by atoms with Gasteiger partial charge in [-0.25, -0.2) is 4.68 Å². The fraction of sp³-hybridized carbons (Fsp3) is 0.238. The number of carbonyl (C=O) groups excluding carboxylic acids is 1. The highest BCUT2D eigenvalue weighted by Gasteiger charge is 2.25. The van der Waals surface area contributed by atoms with E-state index < -0.39 is 4.92 Å². The van der Waals surface area contributed by atoms with Crippen LogP contribution in [0, 0.1) is 10.1 Å². The molecule has 1 fully saturated rings. The summed E-state index contributed by atoms with van der Waals surface area (Å²) >= 11 is 0. The van der Waals surface area contributed by atoms with Crippen LogP contribution in [0.3, 0.4) is 0 Å². The van der Waals surface area contributed by atoms with Gasteiger partial charge in [0.2, 0.25) is 0 Å². The Bertz CT molecular complexity index is 1040. The van der Waals surface area contributed by atoms with Crippen LogP contribution in [-0.4, -0.2) is 26.7 Å². The van der Waals surface area contributed by atoms with Gasteiger partial charge in [0.25, 0.3) is 11.6 Å². The lowest BCUT2D eigenvalue weighted by Crippen LogP contribution is -2.25. The Balaban J connectivity index is 1.60. The van der Waals surface area contributed by atoms with Crippen LogP contribution in [0.2, 0.25) is 0 Å². The first-order valence-electron chi connectivity index (χ1n) is 9.47. The van der Waals surface area contributed by atoms with Crippen LogP contribution >= 0.6 is 0 Å². The predicted octanol–water partition coefficient (Wildman–Crippen LogP) is 3.85. The van der Waals surface area contributed by atoms with Gasteiger partial charge in [0, 0.05) is 30.1 Å². The molecule has 1 unspecified atom stereocenters. The molecule has 3 aromatic rings. The van der Waals surface area contributed by atoms with E-state index in [-0.39, 0.29) is 23.7 Å². The van der Waals surface area contributed by atoms with Gasteiger partial charge in [-0.15, -0.1) is 0 Å². The number of amides is 1. The van der Waals surface area contributed by atoms with Crippen molar-refractivity contribution in [2.75, 3.05) is 5.32 Å². The van der Waals surface area contributed by atoms with Gasteiger partial charge >= 0.3 is 0 Å². The molecule has 0 saturated heterocycles. The molecule has 4 rings (SSSR count). The van der Waals surface area contributed by atoms with E-state index in [1.165, 1.54) is 6.07 Å². The molecule has 0 bridgehead atoms. The molecule has 1 aliphatic rings. The second-order valence-corrected chi connectivity index (χ2v) is 7.11. The van der Waals surface area contributed by atoms with Crippen molar-refractivity contribution in [2.45, 2.75) is 31.8 Å². The number of hydrogen-bond donors (Lipinski definition) is 2. The molecule has 1 aliphatic carbocycles. The smallest absolute Gasteiger partial charge is 0.293 e. The van der Waals surface area contributed by atoms with Crippen molar-refractivity contribution in [3.8, 4) is 5.69 Å². The Morgan fingerprint density at radius 2 is 2.03 bits per heavy atom. The van der Waals surface area contributed by atoms with E-state index in [1.54, 1.807) is 23.0 Å². The maximum atomic E-state index is 12.2. The zero-order valence-electron chi connectivity index (χ0n) is 15.9. The number of anilines is 1. The zero-order chi connectivity index (χ0) is 20.4. The van der Waals surface area contributed by atoms with Crippen molar-refractivity contribution in [1.29, 1.82) is 0 Å². The number of nitro groups is 1. The van der Waals surface area contributed by atoms with Crippen LogP contribution in [0.1, 0.15) is 41.7 Å². The van der Waals surface area contributed by atoms with Crippen molar-refractivity contribution >= 4 is 17.3 Å². The van der Waals surface area contributed by atoms with Crippen LogP contribution in [0.4, 0.5) is 11.4 Å². The number of nitrogens with one attached hydrogen (secondary N) is 2. The SMILES string of the molecule is CC(Nc1ccc(C(=O)NC2CC2)cc1[N+](=O)[O-])c1ccccc1-n1cccn1. The van der Waals surface area contributed by atoms with Crippen LogP contribution in [0.5, 0.6) is 0 Å². The lowest BCUT2D eigenvalue weighted by molar-refractivity contribution is -0.384. The van der Waals surface area contributed by atoms with Crippen molar-refractivity contribution in [1.82, 2.24) is 15.1 Å². The fourth-order valence-corrected chi connectivity index (χ4v) is 3.23. The number of para-hydroxylation sites is 1. The Hall–Kier alpha value is -3.68. The number of carbonyl (C=O) groups is 1. The van der Waals surface area contributed by atoms with Gasteiger partial charge < -0.3 is 10.6 Å². The number of benzene rings is 2. The number of nitro benzene ring substituents is 1. The summed E-state index contributed by atoms with van der Waals surface area (Å²) in [5, 5.41) is 22.0. The van der Waals surface area contributed by atoms with Gasteiger partial charge in [0.1, 0.15) is 5.69 Å². The van der Waals surface area contributed by atoms with E-state index >= 15 is 0 Å². The van der Waals surface area contributed by atoms with Crippen molar-refractivity contribution in [3.63, 3.8) is 0 Å². The topological polar surface area (TPSA) is 102 Å². The third-order valence-electron chi connectivity index (χ3n) is 4.90. The molecule has 1 saturated carbocycles. The molecule has 2 N–H and O–H groups in total. The standard InChI is InChI=1S/C21H21N5O3/c1-14(17-5-2-3-6-19(17)25-12-4-11-22-25)23-18-10-7-15(13-20(18)26(28)29)21(27)24-16-8-9-16/h2-7,10-14,16,23H,8-9H2,1H3,(H,24,27). The van der Waals surface area contributed by atoms with Crippen LogP contribution in [-0.2, 0) is 0 Å². The van der Waals surface area contributed by atoms with Gasteiger partial charge in [-0.3, -0.25) is 14.9 Å². The minimum absolute atomic E-state index is 0.128. The van der Waals surface area contributed by atoms with E-state index in [1.807, 2.05) is 43.5 Å². The molecule has 29 heavy (non-hydrogen) atoms. The largest absolute Gasteiger partial charge is 0.373 e. The van der Waals surface area contributed by atoms with Gasteiger partial charge in [-0.1, -0.05) is 18.2 Å². The van der Waals surface area contributed by atoms with E-state index in [2.05, 4.69) is 15.7 Å². The molecular formula is C21H21N5O3. The maximum Gasteiger partial charge on any atom is 0.293 e. The normalized spacial score (nSPS) is 14.2. The van der Waals surface area contributed by atoms with Crippen molar-refractivity contribution < 1.29 is 9.72 Å². The van der Waals surface area contributed by atoms with Gasteiger partial charge in [0.05, 0.1) is 16.7 Å². The maximum absolute atomic E-state index is 12.2. The van der Waals surface area contributed by atoms with Crippen molar-refractivity contribution in [2.24, 2.45) is 0 Å². The second-order valence-electron chi connectivity index (χ2n) is 7.11. The van der Waals surface area contributed by atoms with Crippen LogP contribution in [0.25, 0.3) is 5.69 Å². The summed E-state index contributed by atoms with van der Waals surface area (Å²) in [6, 6.07) is 14.1. The first-order valence-corrected chi connectivity index (χ1v) is 9.47. The molecule has 8 nitrogen and oxygen atoms in total. The fourth-order valence-electron chi connectivity index (χ4n) is 3.23. The van der Waals surface area contributed by atoms with E-state index in [0.717, 1.165) is 24.1 Å². The van der Waals surface area contributed by atoms with E-state index in [4.69, 9.17) is 0 Å². The molecular weight excluding hydrogens is 370 g/mol. The zero-order valence-corrected chi connectivity index (χ0v) is 15.9. The molecule has 8 heteroatoms. The molecule has 0 radical (unpaired) electrons. The Labute approximate surface area is 167 Å². The molecule has 2 aromatic carbocycles. The van der Waals surface area contributed by atoms with Crippen LogP contribution < -0.4 is 10.6 Å². The molecule has 1 heterocycles. The average Bonchev–Trinajstić information content (AvgIpc) is 3.36. The Morgan fingerprint density at radius 3 is 2.72 bits per heavy atom. The highest BCUT2D eigenvalue weighted by molar-refractivity contribution is 5.96. The minimum atomic E-state index is -0.470. The lowest BCUT2D eigenvalue weighted by Gasteiger charge is -2.19. The van der Waals surface area contributed by atoms with Gasteiger partial charge in [-0.2, -0.15) is 5.10 Å². The highest BCUT2D eigenvalue weighted by Crippen LogP contribution is 2.31. The molecule has 1 atom stereocenters. The summed E-state index contributed by atoms with van der Waals surface area (Å²) in [5.41, 5.74) is 2.36. The predicted molar refractivity (Wildman–Crippen MR) is 109 cm³/mol. The van der Waals surface area contributed by atoms with E-state index in [9.17, 15) is 14.9 Å². The van der Waals surface area contributed by atoms with Crippen LogP contribution in [0.15, 0.2) is 60.9 Å². The summed E-state index contributed by atoms with van der Waals surface area (Å²) in [4.78, 5) is 23.4. The summed E-state index contributed by atoms with van der Waals surface area (Å²) in [6.07, 6.45) is 5.47. The third kappa shape index (κ3) is 4.11. The molecule has 1 amide bonds. The lowest BCUT2D eigenvalue weighted by atomic mass is 10.0. The molecule has 0 aliphatic heterocycles. The summed E-state index contributed by atoms with van der Waals surface area (Å²) < 4.78 is 1.76. The quantitative estimate of drug-likeness (QED) is 0.470. The summed E-state index contributed by atoms with van der Waals surface area (Å²) in [6.45, 7) is 1.93. The van der Waals surface area contributed by atoms with Gasteiger partial charge in [-0.05, 0) is 49.6 Å². The van der Waals surface area contributed by atoms with E-state index in [0.29, 0.717) is 11.3 Å². The molecule has 148 valence electrons. The number of aromatic nitrogens is 2. The Kier molecular flexibility index (Phi) is 4.99. The molecule has 0 spiro atoms. The Morgan fingerprint density at radius 1 is 1.24 bits per heavy atom. The first kappa shape index (κ1) is 18.7. The van der Waals surface area contributed by atoms with Gasteiger partial charge in [0.15, 0.2) is 0 Å². The van der Waals surface area contributed by atoms with Crippen molar-refractivity contribution in [3.05, 3.63) is 82.2 Å². The summed E-state index contributed by atoms with van der Waals surface area (Å²) in [7, 11) is 0. The monoisotopic (exact) mass is 391 g/mol.